The number of hydrogen-bond donors (Lipinski definition) is 2. The Morgan fingerprint density at radius 1 is 1.44 bits per heavy atom. The van der Waals surface area contributed by atoms with E-state index in [1.165, 1.54) is 7.11 Å². The summed E-state index contributed by atoms with van der Waals surface area (Å²) in [6.45, 7) is 5.71. The van der Waals surface area contributed by atoms with Gasteiger partial charge in [0.1, 0.15) is 0 Å². The lowest BCUT2D eigenvalue weighted by Crippen LogP contribution is -2.55. The van der Waals surface area contributed by atoms with E-state index in [0.29, 0.717) is 6.61 Å². The molecule has 6 nitrogen and oxygen atoms in total. The number of nitrogens with two attached hydrogens (primary N) is 1. The van der Waals surface area contributed by atoms with Crippen LogP contribution in [0.25, 0.3) is 0 Å². The number of amides is 1. The molecule has 1 amide bonds. The third-order valence-electron chi connectivity index (χ3n) is 1.79. The van der Waals surface area contributed by atoms with E-state index in [9.17, 15) is 9.59 Å². The molecule has 0 rings (SSSR count). The summed E-state index contributed by atoms with van der Waals surface area (Å²) in [4.78, 5) is 22.7. The molecule has 1 atom stereocenters. The number of methoxy groups -OCH3 is 1. The molecule has 0 aromatic rings. The smallest absolute Gasteiger partial charge is 0.332 e. The average Bonchev–Trinajstić information content (AvgIpc) is 2.15. The Labute approximate surface area is 95.5 Å². The lowest BCUT2D eigenvalue weighted by Gasteiger charge is -2.26. The van der Waals surface area contributed by atoms with Crippen molar-refractivity contribution in [2.45, 2.75) is 32.4 Å². The minimum absolute atomic E-state index is 0.196. The highest BCUT2D eigenvalue weighted by molar-refractivity contribution is 6.01. The zero-order chi connectivity index (χ0) is 12.8. The van der Waals surface area contributed by atoms with Crippen molar-refractivity contribution in [3.8, 4) is 0 Å². The fourth-order valence-electron chi connectivity index (χ4n) is 1.15. The molecule has 0 aromatic carbocycles. The van der Waals surface area contributed by atoms with E-state index in [4.69, 9.17) is 10.5 Å². The maximum Gasteiger partial charge on any atom is 0.332 e. The Morgan fingerprint density at radius 3 is 2.44 bits per heavy atom. The molecule has 3 N–H and O–H groups in total. The Kier molecular flexibility index (Phi) is 5.98. The molecule has 16 heavy (non-hydrogen) atoms. The summed E-state index contributed by atoms with van der Waals surface area (Å²) in [6, 6.07) is -1.30. The fraction of sp³-hybridized carbons (Fsp3) is 0.800. The molecule has 0 heterocycles. The van der Waals surface area contributed by atoms with Gasteiger partial charge in [0.25, 0.3) is 0 Å². The normalized spacial score (nSPS) is 13.1. The molecule has 0 aromatic heterocycles. The minimum atomic E-state index is -1.30. The van der Waals surface area contributed by atoms with Gasteiger partial charge in [-0.25, -0.2) is 4.79 Å². The lowest BCUT2D eigenvalue weighted by molar-refractivity contribution is -0.148. The fourth-order valence-corrected chi connectivity index (χ4v) is 1.15. The Bertz CT molecular complexity index is 253. The highest BCUT2D eigenvalue weighted by Gasteiger charge is 2.28. The van der Waals surface area contributed by atoms with Crippen molar-refractivity contribution in [3.05, 3.63) is 0 Å². The molecule has 0 radical (unpaired) electrons. The van der Waals surface area contributed by atoms with Crippen molar-refractivity contribution in [1.82, 2.24) is 5.32 Å². The number of rotatable bonds is 6. The second kappa shape index (κ2) is 6.44. The van der Waals surface area contributed by atoms with Crippen LogP contribution < -0.4 is 11.1 Å². The first-order chi connectivity index (χ1) is 7.34. The number of ether oxygens (including phenoxy) is 2. The zero-order valence-electron chi connectivity index (χ0n) is 10.2. The molecule has 94 valence electrons. The minimum Gasteiger partial charge on any atom is -0.464 e. The average molecular weight is 232 g/mol. The summed E-state index contributed by atoms with van der Waals surface area (Å²) < 4.78 is 9.57. The molecule has 0 aliphatic carbocycles. The second-order valence-electron chi connectivity index (χ2n) is 4.04. The lowest BCUT2D eigenvalue weighted by atomic mass is 10.1. The van der Waals surface area contributed by atoms with Crippen LogP contribution in [0.4, 0.5) is 0 Å². The third kappa shape index (κ3) is 5.09. The SMILES string of the molecule is CCOC(=O)C(N)C(=O)NC(C)(C)COC. The Hall–Kier alpha value is -1.14. The van der Waals surface area contributed by atoms with Crippen LogP contribution in [-0.4, -0.2) is 43.8 Å². The van der Waals surface area contributed by atoms with Crippen molar-refractivity contribution < 1.29 is 19.1 Å². The van der Waals surface area contributed by atoms with Crippen LogP contribution in [0.3, 0.4) is 0 Å². The van der Waals surface area contributed by atoms with Crippen LogP contribution in [-0.2, 0) is 19.1 Å². The molecule has 0 saturated heterocycles. The van der Waals surface area contributed by atoms with E-state index in [2.05, 4.69) is 10.1 Å². The van der Waals surface area contributed by atoms with Crippen LogP contribution in [0, 0.1) is 0 Å². The zero-order valence-corrected chi connectivity index (χ0v) is 10.2. The maximum atomic E-state index is 11.6. The van der Waals surface area contributed by atoms with Crippen molar-refractivity contribution in [1.29, 1.82) is 0 Å². The van der Waals surface area contributed by atoms with E-state index in [0.717, 1.165) is 0 Å². The van der Waals surface area contributed by atoms with Gasteiger partial charge in [0.2, 0.25) is 5.91 Å². The molecule has 0 aliphatic rings. The summed E-state index contributed by atoms with van der Waals surface area (Å²) in [5.74, 6) is -1.30. The summed E-state index contributed by atoms with van der Waals surface area (Å²) in [5.41, 5.74) is 4.85. The first kappa shape index (κ1) is 14.9. The summed E-state index contributed by atoms with van der Waals surface area (Å²) in [7, 11) is 1.53. The van der Waals surface area contributed by atoms with Crippen LogP contribution in [0.5, 0.6) is 0 Å². The van der Waals surface area contributed by atoms with Gasteiger partial charge in [0.15, 0.2) is 6.04 Å². The van der Waals surface area contributed by atoms with Gasteiger partial charge >= 0.3 is 5.97 Å². The van der Waals surface area contributed by atoms with Crippen molar-refractivity contribution >= 4 is 11.9 Å². The third-order valence-corrected chi connectivity index (χ3v) is 1.79. The first-order valence-corrected chi connectivity index (χ1v) is 5.07. The molecular formula is C10H20N2O4. The van der Waals surface area contributed by atoms with Crippen LogP contribution in [0.1, 0.15) is 20.8 Å². The van der Waals surface area contributed by atoms with Gasteiger partial charge in [-0.3, -0.25) is 4.79 Å². The number of nitrogens with one attached hydrogen (secondary N) is 1. The number of carbonyl (C=O) groups excluding carboxylic acids is 2. The molecular weight excluding hydrogens is 212 g/mol. The van der Waals surface area contributed by atoms with Crippen molar-refractivity contribution in [2.24, 2.45) is 5.73 Å². The van der Waals surface area contributed by atoms with Gasteiger partial charge in [-0.1, -0.05) is 0 Å². The standard InChI is InChI=1S/C10H20N2O4/c1-5-16-9(14)7(11)8(13)12-10(2,3)6-15-4/h7H,5-6,11H2,1-4H3,(H,12,13). The topological polar surface area (TPSA) is 90.7 Å². The molecule has 0 spiro atoms. The van der Waals surface area contributed by atoms with Gasteiger partial charge in [-0.05, 0) is 20.8 Å². The van der Waals surface area contributed by atoms with Gasteiger partial charge < -0.3 is 20.5 Å². The molecule has 0 bridgehead atoms. The monoisotopic (exact) mass is 232 g/mol. The van der Waals surface area contributed by atoms with E-state index >= 15 is 0 Å². The van der Waals surface area contributed by atoms with E-state index in [-0.39, 0.29) is 6.61 Å². The largest absolute Gasteiger partial charge is 0.464 e. The second-order valence-corrected chi connectivity index (χ2v) is 4.04. The highest BCUT2D eigenvalue weighted by Crippen LogP contribution is 2.02. The maximum absolute atomic E-state index is 11.6. The summed E-state index contributed by atoms with van der Waals surface area (Å²) in [6.07, 6.45) is 0. The molecule has 0 saturated carbocycles. The predicted octanol–water partition coefficient (Wildman–Crippen LogP) is -0.582. The summed E-state index contributed by atoms with van der Waals surface area (Å²) >= 11 is 0. The quantitative estimate of drug-likeness (QED) is 0.472. The van der Waals surface area contributed by atoms with Crippen LogP contribution in [0.2, 0.25) is 0 Å². The van der Waals surface area contributed by atoms with E-state index < -0.39 is 23.5 Å². The van der Waals surface area contributed by atoms with Crippen LogP contribution >= 0.6 is 0 Å². The summed E-state index contributed by atoms with van der Waals surface area (Å²) in [5, 5.41) is 2.61. The molecule has 1 unspecified atom stereocenters. The Morgan fingerprint density at radius 2 is 2.00 bits per heavy atom. The number of hydrogen-bond acceptors (Lipinski definition) is 5. The highest BCUT2D eigenvalue weighted by atomic mass is 16.5. The Balaban J connectivity index is 4.29. The van der Waals surface area contributed by atoms with E-state index in [1.807, 2.05) is 0 Å². The first-order valence-electron chi connectivity index (χ1n) is 5.07. The van der Waals surface area contributed by atoms with Gasteiger partial charge in [0, 0.05) is 7.11 Å². The number of esters is 1. The van der Waals surface area contributed by atoms with E-state index in [1.54, 1.807) is 20.8 Å². The van der Waals surface area contributed by atoms with Crippen molar-refractivity contribution in [2.75, 3.05) is 20.3 Å². The molecule has 0 fully saturated rings. The molecule has 0 aliphatic heterocycles. The van der Waals surface area contributed by atoms with Crippen LogP contribution in [0.15, 0.2) is 0 Å². The van der Waals surface area contributed by atoms with Crippen molar-refractivity contribution in [3.63, 3.8) is 0 Å². The van der Waals surface area contributed by atoms with Gasteiger partial charge in [0.05, 0.1) is 18.8 Å². The predicted molar refractivity (Wildman–Crippen MR) is 58.7 cm³/mol. The number of carbonyl (C=O) groups is 2. The van der Waals surface area contributed by atoms with Gasteiger partial charge in [-0.15, -0.1) is 0 Å². The molecule has 6 heteroatoms. The van der Waals surface area contributed by atoms with Gasteiger partial charge in [-0.2, -0.15) is 0 Å².